The first-order chi connectivity index (χ1) is 11.2. The predicted octanol–water partition coefficient (Wildman–Crippen LogP) is 2.55. The van der Waals surface area contributed by atoms with Crippen molar-refractivity contribution in [1.29, 1.82) is 0 Å². The number of halogens is 2. The minimum atomic E-state index is 0. The first-order valence-electron chi connectivity index (χ1n) is 8.59. The number of nitrogens with one attached hydrogen (secondary N) is 2. The smallest absolute Gasteiger partial charge is 0.234 e. The molecule has 7 heteroatoms. The number of anilines is 1. The molecule has 2 rings (SSSR count). The summed E-state index contributed by atoms with van der Waals surface area (Å²) >= 11 is 0. The van der Waals surface area contributed by atoms with Crippen LogP contribution in [0.3, 0.4) is 0 Å². The summed E-state index contributed by atoms with van der Waals surface area (Å²) in [5, 5.41) is 6.14. The molecule has 0 radical (unpaired) electrons. The van der Waals surface area contributed by atoms with Gasteiger partial charge in [0, 0.05) is 38.5 Å². The molecule has 0 bridgehead atoms. The molecule has 0 saturated carbocycles. The predicted molar refractivity (Wildman–Crippen MR) is 108 cm³/mol. The van der Waals surface area contributed by atoms with Crippen LogP contribution >= 0.6 is 24.8 Å². The number of rotatable bonds is 9. The fourth-order valence-corrected chi connectivity index (χ4v) is 2.84. The van der Waals surface area contributed by atoms with Crippen LogP contribution in [0.15, 0.2) is 24.3 Å². The summed E-state index contributed by atoms with van der Waals surface area (Å²) in [7, 11) is 0. The molecule has 1 atom stereocenters. The number of hydrogen-bond acceptors (Lipinski definition) is 4. The molecule has 0 spiro atoms. The van der Waals surface area contributed by atoms with Gasteiger partial charge in [0.2, 0.25) is 5.91 Å². The van der Waals surface area contributed by atoms with Crippen LogP contribution in [0.1, 0.15) is 25.3 Å². The molecular formula is C18H31Cl2N3O2. The lowest BCUT2D eigenvalue weighted by atomic mass is 10.2. The summed E-state index contributed by atoms with van der Waals surface area (Å²) in [4.78, 5) is 14.1. The van der Waals surface area contributed by atoms with Gasteiger partial charge < -0.3 is 20.3 Å². The Labute approximate surface area is 163 Å². The molecule has 1 fully saturated rings. The average molecular weight is 392 g/mol. The molecule has 5 nitrogen and oxygen atoms in total. The molecule has 1 aliphatic rings. The van der Waals surface area contributed by atoms with Gasteiger partial charge in [-0.05, 0) is 44.4 Å². The van der Waals surface area contributed by atoms with E-state index >= 15 is 0 Å². The SMILES string of the molecule is CCN(CCNC(=O)CNCC1CCCO1)c1cccc(C)c1.Cl.Cl. The van der Waals surface area contributed by atoms with Crippen molar-refractivity contribution in [3.63, 3.8) is 0 Å². The zero-order valence-corrected chi connectivity index (χ0v) is 16.8. The molecule has 2 N–H and O–H groups in total. The summed E-state index contributed by atoms with van der Waals surface area (Å²) in [6.45, 7) is 8.60. The Hall–Kier alpha value is -1.01. The normalized spacial score (nSPS) is 15.8. The maximum Gasteiger partial charge on any atom is 0.234 e. The lowest BCUT2D eigenvalue weighted by Crippen LogP contribution is -2.40. The molecule has 0 aromatic heterocycles. The van der Waals surface area contributed by atoms with Crippen LogP contribution in [0.5, 0.6) is 0 Å². The number of benzene rings is 1. The lowest BCUT2D eigenvalue weighted by Gasteiger charge is -2.23. The largest absolute Gasteiger partial charge is 0.377 e. The number of hydrogen-bond donors (Lipinski definition) is 2. The zero-order valence-electron chi connectivity index (χ0n) is 15.1. The second-order valence-corrected chi connectivity index (χ2v) is 6.03. The third-order valence-corrected chi connectivity index (χ3v) is 4.13. The molecule has 25 heavy (non-hydrogen) atoms. The Morgan fingerprint density at radius 2 is 2.16 bits per heavy atom. The Morgan fingerprint density at radius 3 is 2.80 bits per heavy atom. The van der Waals surface area contributed by atoms with E-state index in [2.05, 4.69) is 53.6 Å². The van der Waals surface area contributed by atoms with Crippen molar-refractivity contribution >= 4 is 36.4 Å². The number of carbonyl (C=O) groups is 1. The number of likely N-dealkylation sites (N-methyl/N-ethyl adjacent to an activating group) is 1. The number of amides is 1. The summed E-state index contributed by atoms with van der Waals surface area (Å²) in [5.74, 6) is 0.0447. The van der Waals surface area contributed by atoms with Crippen LogP contribution in [0.25, 0.3) is 0 Å². The van der Waals surface area contributed by atoms with Gasteiger partial charge in [-0.2, -0.15) is 0 Å². The molecule has 1 amide bonds. The van der Waals surface area contributed by atoms with Crippen LogP contribution in [0.2, 0.25) is 0 Å². The van der Waals surface area contributed by atoms with Gasteiger partial charge in [0.25, 0.3) is 0 Å². The second-order valence-electron chi connectivity index (χ2n) is 6.03. The highest BCUT2D eigenvalue weighted by molar-refractivity contribution is 5.85. The van der Waals surface area contributed by atoms with Crippen LogP contribution in [-0.2, 0) is 9.53 Å². The van der Waals surface area contributed by atoms with Crippen LogP contribution in [-0.4, -0.2) is 51.3 Å². The number of aryl methyl sites for hydroxylation is 1. The van der Waals surface area contributed by atoms with Crippen LogP contribution < -0.4 is 15.5 Å². The summed E-state index contributed by atoms with van der Waals surface area (Å²) in [6, 6.07) is 8.45. The Kier molecular flexibility index (Phi) is 12.7. The zero-order chi connectivity index (χ0) is 16.5. The Bertz CT molecular complexity index is 497. The molecule has 0 aliphatic carbocycles. The van der Waals surface area contributed by atoms with Crippen LogP contribution in [0.4, 0.5) is 5.69 Å². The van der Waals surface area contributed by atoms with Gasteiger partial charge in [-0.1, -0.05) is 12.1 Å². The maximum absolute atomic E-state index is 11.8. The fraction of sp³-hybridized carbons (Fsp3) is 0.611. The van der Waals surface area contributed by atoms with Crippen molar-refractivity contribution in [3.05, 3.63) is 29.8 Å². The van der Waals surface area contributed by atoms with E-state index in [9.17, 15) is 4.79 Å². The molecular weight excluding hydrogens is 361 g/mol. The van der Waals surface area contributed by atoms with Crippen molar-refractivity contribution in [2.45, 2.75) is 32.8 Å². The van der Waals surface area contributed by atoms with E-state index in [4.69, 9.17) is 4.74 Å². The second kappa shape index (κ2) is 13.2. The van der Waals surface area contributed by atoms with Gasteiger partial charge in [-0.25, -0.2) is 0 Å². The summed E-state index contributed by atoms with van der Waals surface area (Å²) in [5.41, 5.74) is 2.46. The van der Waals surface area contributed by atoms with Gasteiger partial charge in [0.1, 0.15) is 0 Å². The molecule has 1 aromatic rings. The lowest BCUT2D eigenvalue weighted by molar-refractivity contribution is -0.120. The highest BCUT2D eigenvalue weighted by Crippen LogP contribution is 2.15. The first kappa shape index (κ1) is 24.0. The van der Waals surface area contributed by atoms with Crippen molar-refractivity contribution in [1.82, 2.24) is 10.6 Å². The Morgan fingerprint density at radius 1 is 1.36 bits per heavy atom. The molecule has 1 aromatic carbocycles. The highest BCUT2D eigenvalue weighted by atomic mass is 35.5. The van der Waals surface area contributed by atoms with Crippen molar-refractivity contribution in [2.75, 3.05) is 44.2 Å². The minimum Gasteiger partial charge on any atom is -0.377 e. The van der Waals surface area contributed by atoms with E-state index in [0.717, 1.165) is 39.1 Å². The molecule has 1 unspecified atom stereocenters. The monoisotopic (exact) mass is 391 g/mol. The fourth-order valence-electron chi connectivity index (χ4n) is 2.84. The first-order valence-corrected chi connectivity index (χ1v) is 8.59. The van der Waals surface area contributed by atoms with E-state index in [-0.39, 0.29) is 36.8 Å². The molecule has 1 heterocycles. The molecule has 144 valence electrons. The van der Waals surface area contributed by atoms with Crippen molar-refractivity contribution in [3.8, 4) is 0 Å². The number of carbonyl (C=O) groups excluding carboxylic acids is 1. The highest BCUT2D eigenvalue weighted by Gasteiger charge is 2.15. The van der Waals surface area contributed by atoms with E-state index in [1.54, 1.807) is 0 Å². The van der Waals surface area contributed by atoms with Gasteiger partial charge in [-0.3, -0.25) is 4.79 Å². The number of ether oxygens (including phenoxy) is 1. The number of nitrogens with zero attached hydrogens (tertiary/aromatic N) is 1. The standard InChI is InChI=1S/C18H29N3O2.2ClH/c1-3-21(16-7-4-6-15(2)12-16)10-9-20-18(22)14-19-13-17-8-5-11-23-17;;/h4,6-7,12,17,19H,3,5,8-11,13-14H2,1-2H3,(H,20,22);2*1H. The van der Waals surface area contributed by atoms with Crippen LogP contribution in [0, 0.1) is 6.92 Å². The van der Waals surface area contributed by atoms with E-state index in [1.165, 1.54) is 11.3 Å². The van der Waals surface area contributed by atoms with Gasteiger partial charge in [-0.15, -0.1) is 24.8 Å². The summed E-state index contributed by atoms with van der Waals surface area (Å²) < 4.78 is 5.52. The molecule has 1 aliphatic heterocycles. The van der Waals surface area contributed by atoms with Gasteiger partial charge in [0.05, 0.1) is 12.6 Å². The van der Waals surface area contributed by atoms with Gasteiger partial charge in [0.15, 0.2) is 0 Å². The topological polar surface area (TPSA) is 53.6 Å². The van der Waals surface area contributed by atoms with E-state index < -0.39 is 0 Å². The third kappa shape index (κ3) is 8.77. The Balaban J connectivity index is 0.00000288. The quantitative estimate of drug-likeness (QED) is 0.678. The minimum absolute atomic E-state index is 0. The van der Waals surface area contributed by atoms with E-state index in [0.29, 0.717) is 13.1 Å². The molecule has 1 saturated heterocycles. The van der Waals surface area contributed by atoms with Crippen molar-refractivity contribution in [2.24, 2.45) is 0 Å². The average Bonchev–Trinajstić information content (AvgIpc) is 3.05. The van der Waals surface area contributed by atoms with Crippen molar-refractivity contribution < 1.29 is 9.53 Å². The van der Waals surface area contributed by atoms with Gasteiger partial charge >= 0.3 is 0 Å². The maximum atomic E-state index is 11.8. The van der Waals surface area contributed by atoms with E-state index in [1.807, 2.05) is 0 Å². The summed E-state index contributed by atoms with van der Waals surface area (Å²) in [6.07, 6.45) is 2.50. The third-order valence-electron chi connectivity index (χ3n) is 4.13.